The Hall–Kier alpha value is -3.13. The van der Waals surface area contributed by atoms with Crippen molar-refractivity contribution in [3.63, 3.8) is 0 Å². The lowest BCUT2D eigenvalue weighted by Crippen LogP contribution is -2.49. The van der Waals surface area contributed by atoms with E-state index in [4.69, 9.17) is 21.1 Å². The zero-order valence-corrected chi connectivity index (χ0v) is 18.8. The van der Waals surface area contributed by atoms with Crippen LogP contribution in [0.1, 0.15) is 43.5 Å². The van der Waals surface area contributed by atoms with Gasteiger partial charge < -0.3 is 19.7 Å². The number of rotatable bonds is 7. The van der Waals surface area contributed by atoms with E-state index in [-0.39, 0.29) is 30.2 Å². The molecule has 0 aliphatic carbocycles. The third-order valence-corrected chi connectivity index (χ3v) is 5.49. The van der Waals surface area contributed by atoms with Crippen LogP contribution in [0.25, 0.3) is 0 Å². The van der Waals surface area contributed by atoms with Crippen LogP contribution >= 0.6 is 11.6 Å². The zero-order valence-electron chi connectivity index (χ0n) is 18.0. The van der Waals surface area contributed by atoms with Crippen molar-refractivity contribution >= 4 is 35.2 Å². The van der Waals surface area contributed by atoms with Crippen LogP contribution in [0.4, 0.5) is 5.82 Å². The van der Waals surface area contributed by atoms with Crippen LogP contribution < -0.4 is 10.1 Å². The highest BCUT2D eigenvalue weighted by Gasteiger charge is 2.29. The van der Waals surface area contributed by atoms with Crippen LogP contribution in [0.15, 0.2) is 42.6 Å². The molecular weight excluding hydrogens is 434 g/mol. The minimum Gasteiger partial charge on any atom is -0.484 e. The van der Waals surface area contributed by atoms with Crippen molar-refractivity contribution in [2.75, 3.05) is 18.5 Å². The predicted molar refractivity (Wildman–Crippen MR) is 120 cm³/mol. The predicted octanol–water partition coefficient (Wildman–Crippen LogP) is 3.70. The molecule has 1 aromatic heterocycles. The van der Waals surface area contributed by atoms with Crippen molar-refractivity contribution in [3.05, 3.63) is 53.2 Å². The standard InChI is InChI=1S/C23H26ClN3O5/c1-15-4-3-5-16(2)27(15)22(29)14-31-19-9-6-17(7-10-19)23(30)32-13-21(28)26-20-11-8-18(24)12-25-20/h6-12,15-16H,3-5,13-14H2,1-2H3,(H,25,26,28). The molecule has 0 radical (unpaired) electrons. The molecule has 1 N–H and O–H groups in total. The Balaban J connectivity index is 1.45. The number of hydrogen-bond acceptors (Lipinski definition) is 6. The summed E-state index contributed by atoms with van der Waals surface area (Å²) >= 11 is 5.74. The Bertz CT molecular complexity index is 939. The van der Waals surface area contributed by atoms with E-state index in [1.54, 1.807) is 18.2 Å². The summed E-state index contributed by atoms with van der Waals surface area (Å²) < 4.78 is 10.6. The van der Waals surface area contributed by atoms with E-state index in [1.807, 2.05) is 4.90 Å². The molecule has 0 saturated carbocycles. The number of piperidine rings is 1. The summed E-state index contributed by atoms with van der Waals surface area (Å²) in [5.74, 6) is -0.441. The first-order chi connectivity index (χ1) is 15.3. The smallest absolute Gasteiger partial charge is 0.338 e. The molecule has 2 unspecified atom stereocenters. The number of esters is 1. The van der Waals surface area contributed by atoms with Gasteiger partial charge in [0.2, 0.25) is 0 Å². The van der Waals surface area contributed by atoms with Gasteiger partial charge in [-0.15, -0.1) is 0 Å². The maximum absolute atomic E-state index is 12.5. The summed E-state index contributed by atoms with van der Waals surface area (Å²) in [5.41, 5.74) is 0.263. The molecule has 2 atom stereocenters. The molecule has 1 aliphatic rings. The van der Waals surface area contributed by atoms with Gasteiger partial charge in [-0.3, -0.25) is 9.59 Å². The second-order valence-electron chi connectivity index (χ2n) is 7.73. The van der Waals surface area contributed by atoms with Crippen LogP contribution in [-0.4, -0.2) is 53.0 Å². The average molecular weight is 460 g/mol. The van der Waals surface area contributed by atoms with Gasteiger partial charge in [0.1, 0.15) is 11.6 Å². The van der Waals surface area contributed by atoms with Crippen LogP contribution in [0.5, 0.6) is 5.75 Å². The van der Waals surface area contributed by atoms with Gasteiger partial charge in [0, 0.05) is 18.3 Å². The molecule has 170 valence electrons. The third-order valence-electron chi connectivity index (χ3n) is 5.26. The highest BCUT2D eigenvalue weighted by atomic mass is 35.5. The molecule has 1 fully saturated rings. The van der Waals surface area contributed by atoms with Crippen LogP contribution in [0.3, 0.4) is 0 Å². The fourth-order valence-corrected chi connectivity index (χ4v) is 3.77. The largest absolute Gasteiger partial charge is 0.484 e. The molecule has 32 heavy (non-hydrogen) atoms. The second-order valence-corrected chi connectivity index (χ2v) is 8.17. The van der Waals surface area contributed by atoms with E-state index in [9.17, 15) is 14.4 Å². The number of likely N-dealkylation sites (tertiary alicyclic amines) is 1. The summed E-state index contributed by atoms with van der Waals surface area (Å²) in [6.45, 7) is 3.60. The van der Waals surface area contributed by atoms with Gasteiger partial charge in [0.05, 0.1) is 10.6 Å². The molecule has 0 spiro atoms. The topological polar surface area (TPSA) is 97.8 Å². The minimum absolute atomic E-state index is 0.0469. The monoisotopic (exact) mass is 459 g/mol. The number of anilines is 1. The number of carbonyl (C=O) groups excluding carboxylic acids is 3. The van der Waals surface area contributed by atoms with Crippen molar-refractivity contribution in [3.8, 4) is 5.75 Å². The summed E-state index contributed by atoms with van der Waals surface area (Å²) in [6, 6.07) is 9.76. The van der Waals surface area contributed by atoms with E-state index < -0.39 is 18.5 Å². The molecule has 1 saturated heterocycles. The molecule has 2 heterocycles. The Morgan fingerprint density at radius 1 is 1.06 bits per heavy atom. The minimum atomic E-state index is -0.650. The Labute approximate surface area is 191 Å². The first kappa shape index (κ1) is 23.5. The summed E-state index contributed by atoms with van der Waals surface area (Å²) in [7, 11) is 0. The summed E-state index contributed by atoms with van der Waals surface area (Å²) in [4.78, 5) is 42.4. The van der Waals surface area contributed by atoms with Gasteiger partial charge in [-0.1, -0.05) is 11.6 Å². The number of benzene rings is 1. The van der Waals surface area contributed by atoms with E-state index in [0.29, 0.717) is 16.6 Å². The molecule has 3 rings (SSSR count). The molecular formula is C23H26ClN3O5. The number of halogens is 1. The number of aromatic nitrogens is 1. The van der Waals surface area contributed by atoms with E-state index in [1.165, 1.54) is 24.4 Å². The van der Waals surface area contributed by atoms with Crippen molar-refractivity contribution < 1.29 is 23.9 Å². The van der Waals surface area contributed by atoms with Gasteiger partial charge in [0.25, 0.3) is 11.8 Å². The fraction of sp³-hybridized carbons (Fsp3) is 0.391. The van der Waals surface area contributed by atoms with Crippen LogP contribution in [0.2, 0.25) is 5.02 Å². The number of ether oxygens (including phenoxy) is 2. The Morgan fingerprint density at radius 2 is 1.75 bits per heavy atom. The number of hydrogen-bond donors (Lipinski definition) is 1. The molecule has 0 bridgehead atoms. The van der Waals surface area contributed by atoms with Crippen molar-refractivity contribution in [1.29, 1.82) is 0 Å². The van der Waals surface area contributed by atoms with Gasteiger partial charge in [-0.05, 0) is 69.5 Å². The van der Waals surface area contributed by atoms with Crippen molar-refractivity contribution in [2.45, 2.75) is 45.2 Å². The molecule has 2 amide bonds. The Kier molecular flexibility index (Phi) is 8.05. The number of nitrogens with zero attached hydrogens (tertiary/aromatic N) is 2. The molecule has 1 aliphatic heterocycles. The lowest BCUT2D eigenvalue weighted by molar-refractivity contribution is -0.139. The summed E-state index contributed by atoms with van der Waals surface area (Å²) in [6.07, 6.45) is 4.53. The lowest BCUT2D eigenvalue weighted by Gasteiger charge is -2.38. The molecule has 8 nitrogen and oxygen atoms in total. The number of carbonyl (C=O) groups is 3. The highest BCUT2D eigenvalue weighted by Crippen LogP contribution is 2.23. The van der Waals surface area contributed by atoms with Crippen molar-refractivity contribution in [1.82, 2.24) is 9.88 Å². The highest BCUT2D eigenvalue weighted by molar-refractivity contribution is 6.30. The number of pyridine rings is 1. The van der Waals surface area contributed by atoms with E-state index in [0.717, 1.165) is 19.3 Å². The molecule has 2 aromatic rings. The molecule has 9 heteroatoms. The van der Waals surface area contributed by atoms with Crippen LogP contribution in [0, 0.1) is 0 Å². The zero-order chi connectivity index (χ0) is 23.1. The quantitative estimate of drug-likeness (QED) is 0.634. The normalized spacial score (nSPS) is 18.0. The van der Waals surface area contributed by atoms with Gasteiger partial charge in [-0.25, -0.2) is 9.78 Å². The second kappa shape index (κ2) is 10.9. The van der Waals surface area contributed by atoms with E-state index in [2.05, 4.69) is 24.1 Å². The average Bonchev–Trinajstić information content (AvgIpc) is 2.78. The number of nitrogens with one attached hydrogen (secondary N) is 1. The van der Waals surface area contributed by atoms with Crippen LogP contribution in [-0.2, 0) is 14.3 Å². The van der Waals surface area contributed by atoms with E-state index >= 15 is 0 Å². The third kappa shape index (κ3) is 6.43. The lowest BCUT2D eigenvalue weighted by atomic mass is 9.97. The molecule has 1 aromatic carbocycles. The van der Waals surface area contributed by atoms with Gasteiger partial charge in [0.15, 0.2) is 13.2 Å². The number of amides is 2. The summed E-state index contributed by atoms with van der Waals surface area (Å²) in [5, 5.41) is 2.95. The van der Waals surface area contributed by atoms with Crippen molar-refractivity contribution in [2.24, 2.45) is 0 Å². The SMILES string of the molecule is CC1CCCC(C)N1C(=O)COc1ccc(C(=O)OCC(=O)Nc2ccc(Cl)cn2)cc1. The Morgan fingerprint density at radius 3 is 2.38 bits per heavy atom. The maximum Gasteiger partial charge on any atom is 0.338 e. The first-order valence-corrected chi connectivity index (χ1v) is 10.8. The fourth-order valence-electron chi connectivity index (χ4n) is 3.66. The maximum atomic E-state index is 12.5. The van der Waals surface area contributed by atoms with Gasteiger partial charge in [-0.2, -0.15) is 0 Å². The first-order valence-electron chi connectivity index (χ1n) is 10.5. The van der Waals surface area contributed by atoms with Gasteiger partial charge >= 0.3 is 5.97 Å².